The lowest BCUT2D eigenvalue weighted by Gasteiger charge is -2.01. The molecule has 0 aromatic carbocycles. The van der Waals surface area contributed by atoms with E-state index in [1.165, 1.54) is 19.1 Å². The van der Waals surface area contributed by atoms with E-state index in [0.29, 0.717) is 0 Å². The molecule has 74 valence electrons. The third kappa shape index (κ3) is 1.83. The highest BCUT2D eigenvalue weighted by molar-refractivity contribution is 7.91. The first-order valence-corrected chi connectivity index (χ1v) is 5.56. The number of nitriles is 1. The summed E-state index contributed by atoms with van der Waals surface area (Å²) in [6.07, 6.45) is 0. The molecule has 6 heteroatoms. The van der Waals surface area contributed by atoms with Crippen LogP contribution in [0.2, 0.25) is 0 Å². The minimum Gasteiger partial charge on any atom is -0.396 e. The van der Waals surface area contributed by atoms with E-state index in [4.69, 9.17) is 11.0 Å². The van der Waals surface area contributed by atoms with E-state index in [9.17, 15) is 8.42 Å². The van der Waals surface area contributed by atoms with Gasteiger partial charge in [-0.3, -0.25) is 0 Å². The van der Waals surface area contributed by atoms with E-state index in [1.54, 1.807) is 6.07 Å². The van der Waals surface area contributed by atoms with E-state index in [2.05, 4.69) is 4.98 Å². The molecule has 0 spiro atoms. The number of nitrogen functional groups attached to an aromatic ring is 1. The maximum Gasteiger partial charge on any atom is 0.195 e. The summed E-state index contributed by atoms with van der Waals surface area (Å²) in [6, 6.07) is 4.40. The van der Waals surface area contributed by atoms with Crippen molar-refractivity contribution in [3.63, 3.8) is 0 Å². The van der Waals surface area contributed by atoms with Crippen LogP contribution >= 0.6 is 0 Å². The Morgan fingerprint density at radius 1 is 1.57 bits per heavy atom. The van der Waals surface area contributed by atoms with Gasteiger partial charge in [-0.05, 0) is 12.1 Å². The summed E-state index contributed by atoms with van der Waals surface area (Å²) in [5, 5.41) is 8.49. The maximum absolute atomic E-state index is 11.4. The lowest BCUT2D eigenvalue weighted by molar-refractivity contribution is 0.593. The van der Waals surface area contributed by atoms with Crippen LogP contribution in [0.15, 0.2) is 17.2 Å². The molecule has 0 saturated heterocycles. The number of sulfone groups is 1. The van der Waals surface area contributed by atoms with Crippen LogP contribution in [0.3, 0.4) is 0 Å². The molecule has 0 atom stereocenters. The van der Waals surface area contributed by atoms with Crippen molar-refractivity contribution in [1.29, 1.82) is 5.26 Å². The Labute approximate surface area is 82.1 Å². The number of nitrogens with two attached hydrogens (primary N) is 1. The van der Waals surface area contributed by atoms with E-state index in [1.807, 2.05) is 0 Å². The normalized spacial score (nSPS) is 10.9. The first kappa shape index (κ1) is 10.5. The monoisotopic (exact) mass is 211 g/mol. The van der Waals surface area contributed by atoms with E-state index in [-0.39, 0.29) is 22.2 Å². The Morgan fingerprint density at radius 3 is 2.71 bits per heavy atom. The molecule has 0 saturated carbocycles. The van der Waals surface area contributed by atoms with Crippen molar-refractivity contribution in [2.45, 2.75) is 11.9 Å². The van der Waals surface area contributed by atoms with Crippen molar-refractivity contribution in [3.8, 4) is 6.07 Å². The standard InChI is InChI=1S/C8H9N3O2S/c1-2-14(12,13)8-4-3-6(10)7(5-9)11-8/h3-4H,2,10H2,1H3. The van der Waals surface area contributed by atoms with Crippen LogP contribution in [0.5, 0.6) is 0 Å². The molecule has 0 aliphatic rings. The van der Waals surface area contributed by atoms with Crippen molar-refractivity contribution < 1.29 is 8.42 Å². The zero-order chi connectivity index (χ0) is 10.8. The fourth-order valence-electron chi connectivity index (χ4n) is 0.863. The number of hydrogen-bond acceptors (Lipinski definition) is 5. The van der Waals surface area contributed by atoms with Gasteiger partial charge >= 0.3 is 0 Å². The van der Waals surface area contributed by atoms with Gasteiger partial charge in [-0.15, -0.1) is 0 Å². The molecular weight excluding hydrogens is 202 g/mol. The van der Waals surface area contributed by atoms with Gasteiger partial charge in [0.05, 0.1) is 11.4 Å². The van der Waals surface area contributed by atoms with Gasteiger partial charge in [-0.1, -0.05) is 6.92 Å². The average Bonchev–Trinajstić information content (AvgIpc) is 2.18. The Morgan fingerprint density at radius 2 is 2.21 bits per heavy atom. The Balaban J connectivity index is 3.36. The Bertz CT molecular complexity index is 488. The molecule has 0 aliphatic carbocycles. The molecule has 0 unspecified atom stereocenters. The highest BCUT2D eigenvalue weighted by Crippen LogP contribution is 2.13. The molecule has 5 nitrogen and oxygen atoms in total. The Kier molecular flexibility index (Phi) is 2.72. The summed E-state index contributed by atoms with van der Waals surface area (Å²) in [7, 11) is -3.37. The van der Waals surface area contributed by atoms with E-state index in [0.717, 1.165) is 0 Å². The second-order valence-corrected chi connectivity index (χ2v) is 4.83. The van der Waals surface area contributed by atoms with Gasteiger partial charge in [0.1, 0.15) is 6.07 Å². The molecule has 1 heterocycles. The van der Waals surface area contributed by atoms with Crippen LogP contribution in [-0.4, -0.2) is 19.2 Å². The number of aromatic nitrogens is 1. The number of rotatable bonds is 2. The van der Waals surface area contributed by atoms with Crippen LogP contribution in [-0.2, 0) is 9.84 Å². The first-order chi connectivity index (χ1) is 6.51. The summed E-state index contributed by atoms with van der Waals surface area (Å²) in [6.45, 7) is 1.51. The largest absolute Gasteiger partial charge is 0.396 e. The third-order valence-corrected chi connectivity index (χ3v) is 3.33. The van der Waals surface area contributed by atoms with Gasteiger partial charge in [0.2, 0.25) is 0 Å². The summed E-state index contributed by atoms with van der Waals surface area (Å²) in [5.74, 6) is -0.0468. The number of anilines is 1. The molecule has 14 heavy (non-hydrogen) atoms. The second-order valence-electron chi connectivity index (χ2n) is 2.60. The molecule has 1 aromatic heterocycles. The predicted molar refractivity (Wildman–Crippen MR) is 51.1 cm³/mol. The third-order valence-electron chi connectivity index (χ3n) is 1.71. The zero-order valence-electron chi connectivity index (χ0n) is 7.56. The van der Waals surface area contributed by atoms with Gasteiger partial charge in [0, 0.05) is 0 Å². The Hall–Kier alpha value is -1.61. The van der Waals surface area contributed by atoms with E-state index < -0.39 is 9.84 Å². The molecule has 0 fully saturated rings. The summed E-state index contributed by atoms with van der Waals surface area (Å²) in [5.41, 5.74) is 5.53. The first-order valence-electron chi connectivity index (χ1n) is 3.90. The molecular formula is C8H9N3O2S. The SMILES string of the molecule is CCS(=O)(=O)c1ccc(N)c(C#N)n1. The van der Waals surface area contributed by atoms with Crippen LogP contribution in [0.1, 0.15) is 12.6 Å². The molecule has 0 bridgehead atoms. The number of hydrogen-bond donors (Lipinski definition) is 1. The highest BCUT2D eigenvalue weighted by Gasteiger charge is 2.14. The lowest BCUT2D eigenvalue weighted by atomic mass is 10.3. The quantitative estimate of drug-likeness (QED) is 0.760. The van der Waals surface area contributed by atoms with Gasteiger partial charge in [-0.2, -0.15) is 5.26 Å². The maximum atomic E-state index is 11.4. The summed E-state index contributed by atoms with van der Waals surface area (Å²) >= 11 is 0. The van der Waals surface area contributed by atoms with Gasteiger partial charge in [0.25, 0.3) is 0 Å². The predicted octanol–water partition coefficient (Wildman–Crippen LogP) is 0.329. The second kappa shape index (κ2) is 3.64. The smallest absolute Gasteiger partial charge is 0.195 e. The van der Waals surface area contributed by atoms with Crippen LogP contribution in [0.4, 0.5) is 5.69 Å². The molecule has 0 aliphatic heterocycles. The van der Waals surface area contributed by atoms with Gasteiger partial charge in [0.15, 0.2) is 20.6 Å². The minimum absolute atomic E-state index is 0.0468. The average molecular weight is 211 g/mol. The van der Waals surface area contributed by atoms with Crippen LogP contribution < -0.4 is 5.73 Å². The molecule has 1 aromatic rings. The summed E-state index contributed by atoms with van der Waals surface area (Å²) in [4.78, 5) is 3.66. The molecule has 0 radical (unpaired) electrons. The number of pyridine rings is 1. The van der Waals surface area contributed by atoms with Crippen molar-refractivity contribution >= 4 is 15.5 Å². The van der Waals surface area contributed by atoms with Crippen LogP contribution in [0, 0.1) is 11.3 Å². The summed E-state index contributed by atoms with van der Waals surface area (Å²) < 4.78 is 22.7. The minimum atomic E-state index is -3.37. The highest BCUT2D eigenvalue weighted by atomic mass is 32.2. The van der Waals surface area contributed by atoms with Crippen LogP contribution in [0.25, 0.3) is 0 Å². The van der Waals surface area contributed by atoms with Crippen molar-refractivity contribution in [3.05, 3.63) is 17.8 Å². The molecule has 2 N–H and O–H groups in total. The fraction of sp³-hybridized carbons (Fsp3) is 0.250. The fourth-order valence-corrected chi connectivity index (χ4v) is 1.66. The van der Waals surface area contributed by atoms with Gasteiger partial charge in [-0.25, -0.2) is 13.4 Å². The molecule has 0 amide bonds. The van der Waals surface area contributed by atoms with Crippen molar-refractivity contribution in [2.75, 3.05) is 11.5 Å². The van der Waals surface area contributed by atoms with Gasteiger partial charge < -0.3 is 5.73 Å². The van der Waals surface area contributed by atoms with Crippen molar-refractivity contribution in [1.82, 2.24) is 4.98 Å². The van der Waals surface area contributed by atoms with E-state index >= 15 is 0 Å². The topological polar surface area (TPSA) is 96.8 Å². The van der Waals surface area contributed by atoms with Crippen molar-refractivity contribution in [2.24, 2.45) is 0 Å². The lowest BCUT2D eigenvalue weighted by Crippen LogP contribution is -2.08. The molecule has 1 rings (SSSR count). The zero-order valence-corrected chi connectivity index (χ0v) is 8.37. The number of nitrogens with zero attached hydrogens (tertiary/aromatic N) is 2.